The van der Waals surface area contributed by atoms with Gasteiger partial charge in [-0.05, 0) is 24.1 Å². The van der Waals surface area contributed by atoms with E-state index < -0.39 is 17.9 Å². The summed E-state index contributed by atoms with van der Waals surface area (Å²) in [4.78, 5) is 23.2. The minimum atomic E-state index is -1.07. The molecule has 2 rings (SSSR count). The van der Waals surface area contributed by atoms with Gasteiger partial charge in [-0.25, -0.2) is 4.79 Å². The molecule has 1 amide bonds. The lowest BCUT2D eigenvalue weighted by Crippen LogP contribution is -2.44. The van der Waals surface area contributed by atoms with Gasteiger partial charge in [0.25, 0.3) is 5.91 Å². The number of furan rings is 1. The van der Waals surface area contributed by atoms with Gasteiger partial charge in [-0.2, -0.15) is 0 Å². The van der Waals surface area contributed by atoms with Crippen LogP contribution < -0.4 is 10.1 Å². The van der Waals surface area contributed by atoms with Gasteiger partial charge in [0.05, 0.1) is 7.11 Å². The molecule has 1 atom stereocenters. The summed E-state index contributed by atoms with van der Waals surface area (Å²) in [6, 6.07) is 5.81. The van der Waals surface area contributed by atoms with Gasteiger partial charge in [0.15, 0.2) is 5.76 Å². The van der Waals surface area contributed by atoms with E-state index in [9.17, 15) is 9.59 Å². The summed E-state index contributed by atoms with van der Waals surface area (Å²) in [5.41, 5.74) is 0.510. The van der Waals surface area contributed by atoms with Gasteiger partial charge < -0.3 is 19.6 Å². The summed E-state index contributed by atoms with van der Waals surface area (Å²) in [5.74, 6) is -1.15. The van der Waals surface area contributed by atoms with Crippen molar-refractivity contribution >= 4 is 22.8 Å². The molecule has 0 spiro atoms. The summed E-state index contributed by atoms with van der Waals surface area (Å²) in [7, 11) is 1.54. The smallest absolute Gasteiger partial charge is 0.326 e. The second-order valence-corrected chi connectivity index (χ2v) is 5.05. The van der Waals surface area contributed by atoms with Crippen molar-refractivity contribution in [2.75, 3.05) is 7.11 Å². The number of fused-ring (bicyclic) bond motifs is 1. The highest BCUT2D eigenvalue weighted by molar-refractivity contribution is 5.98. The average Bonchev–Trinajstić information content (AvgIpc) is 2.86. The maximum atomic E-state index is 12.1. The van der Waals surface area contributed by atoms with Crippen LogP contribution in [-0.2, 0) is 4.79 Å². The summed E-state index contributed by atoms with van der Waals surface area (Å²) < 4.78 is 10.5. The molecule has 0 saturated heterocycles. The molecule has 6 nitrogen and oxygen atoms in total. The summed E-state index contributed by atoms with van der Waals surface area (Å²) in [6.07, 6.45) is 0. The number of carboxylic acid groups (broad SMARTS) is 1. The third-order valence-corrected chi connectivity index (χ3v) is 3.17. The lowest BCUT2D eigenvalue weighted by atomic mass is 10.0. The Bertz CT molecular complexity index is 674. The zero-order valence-electron chi connectivity index (χ0n) is 12.0. The molecule has 112 valence electrons. The molecule has 0 aliphatic rings. The Morgan fingerprint density at radius 2 is 2.00 bits per heavy atom. The van der Waals surface area contributed by atoms with Crippen molar-refractivity contribution in [3.05, 3.63) is 30.0 Å². The second-order valence-electron chi connectivity index (χ2n) is 5.05. The van der Waals surface area contributed by atoms with Crippen LogP contribution in [0.5, 0.6) is 5.75 Å². The molecule has 0 bridgehead atoms. The molecule has 0 aliphatic heterocycles. The molecule has 0 aliphatic carbocycles. The van der Waals surface area contributed by atoms with E-state index in [0.717, 1.165) is 5.39 Å². The number of nitrogens with one attached hydrogen (secondary N) is 1. The number of rotatable bonds is 5. The second kappa shape index (κ2) is 5.87. The van der Waals surface area contributed by atoms with Gasteiger partial charge in [-0.15, -0.1) is 0 Å². The van der Waals surface area contributed by atoms with E-state index >= 15 is 0 Å². The highest BCUT2D eigenvalue weighted by atomic mass is 16.5. The molecule has 0 radical (unpaired) electrons. The quantitative estimate of drug-likeness (QED) is 0.882. The lowest BCUT2D eigenvalue weighted by Gasteiger charge is -2.16. The molecular formula is C15H17NO5. The number of methoxy groups -OCH3 is 1. The number of ether oxygens (including phenoxy) is 1. The highest BCUT2D eigenvalue weighted by Crippen LogP contribution is 2.24. The molecular weight excluding hydrogens is 274 g/mol. The molecule has 1 aromatic carbocycles. The number of amides is 1. The van der Waals surface area contributed by atoms with E-state index in [2.05, 4.69) is 5.32 Å². The van der Waals surface area contributed by atoms with Crippen LogP contribution in [0.25, 0.3) is 11.0 Å². The fourth-order valence-corrected chi connectivity index (χ4v) is 1.98. The Balaban J connectivity index is 2.25. The van der Waals surface area contributed by atoms with Crippen LogP contribution in [0.3, 0.4) is 0 Å². The maximum absolute atomic E-state index is 12.1. The number of hydrogen-bond acceptors (Lipinski definition) is 4. The molecule has 2 aromatic rings. The van der Waals surface area contributed by atoms with E-state index in [1.807, 2.05) is 0 Å². The van der Waals surface area contributed by atoms with Crippen LogP contribution in [0.1, 0.15) is 24.4 Å². The van der Waals surface area contributed by atoms with Crippen LogP contribution in [-0.4, -0.2) is 30.1 Å². The fourth-order valence-electron chi connectivity index (χ4n) is 1.98. The molecule has 1 heterocycles. The first kappa shape index (κ1) is 14.9. The summed E-state index contributed by atoms with van der Waals surface area (Å²) >= 11 is 0. The van der Waals surface area contributed by atoms with Crippen molar-refractivity contribution in [1.29, 1.82) is 0 Å². The molecule has 1 aromatic heterocycles. The minimum absolute atomic E-state index is 0.0742. The first-order valence-corrected chi connectivity index (χ1v) is 6.53. The van der Waals surface area contributed by atoms with E-state index in [0.29, 0.717) is 11.3 Å². The number of benzene rings is 1. The Hall–Kier alpha value is -2.50. The third-order valence-electron chi connectivity index (χ3n) is 3.17. The number of carbonyl (C=O) groups is 2. The predicted octanol–water partition coefficient (Wildman–Crippen LogP) is 2.28. The molecule has 2 N–H and O–H groups in total. The van der Waals surface area contributed by atoms with Gasteiger partial charge in [-0.1, -0.05) is 13.8 Å². The van der Waals surface area contributed by atoms with E-state index in [1.165, 1.54) is 7.11 Å². The van der Waals surface area contributed by atoms with Crippen LogP contribution in [0.4, 0.5) is 0 Å². The zero-order valence-corrected chi connectivity index (χ0v) is 12.0. The normalized spacial score (nSPS) is 12.4. The van der Waals surface area contributed by atoms with E-state index in [4.69, 9.17) is 14.3 Å². The van der Waals surface area contributed by atoms with Gasteiger partial charge >= 0.3 is 5.97 Å². The van der Waals surface area contributed by atoms with Crippen LogP contribution in [0.2, 0.25) is 0 Å². The third kappa shape index (κ3) is 3.16. The number of carboxylic acids is 1. The Kier molecular flexibility index (Phi) is 4.16. The predicted molar refractivity (Wildman–Crippen MR) is 76.5 cm³/mol. The minimum Gasteiger partial charge on any atom is -0.497 e. The van der Waals surface area contributed by atoms with Crippen LogP contribution >= 0.6 is 0 Å². The zero-order chi connectivity index (χ0) is 15.6. The molecule has 21 heavy (non-hydrogen) atoms. The van der Waals surface area contributed by atoms with Crippen molar-refractivity contribution in [2.45, 2.75) is 19.9 Å². The Morgan fingerprint density at radius 1 is 1.29 bits per heavy atom. The van der Waals surface area contributed by atoms with Crippen molar-refractivity contribution in [3.8, 4) is 5.75 Å². The van der Waals surface area contributed by atoms with E-state index in [1.54, 1.807) is 38.1 Å². The number of aliphatic carboxylic acids is 1. The van der Waals surface area contributed by atoms with Crippen LogP contribution in [0.15, 0.2) is 28.7 Å². The van der Waals surface area contributed by atoms with Gasteiger partial charge in [0.1, 0.15) is 17.4 Å². The first-order valence-electron chi connectivity index (χ1n) is 6.53. The average molecular weight is 291 g/mol. The van der Waals surface area contributed by atoms with E-state index in [-0.39, 0.29) is 11.7 Å². The Morgan fingerprint density at radius 3 is 2.57 bits per heavy atom. The molecule has 0 saturated carbocycles. The molecule has 0 fully saturated rings. The first-order chi connectivity index (χ1) is 9.92. The largest absolute Gasteiger partial charge is 0.497 e. The molecule has 0 unspecified atom stereocenters. The van der Waals surface area contributed by atoms with Crippen molar-refractivity contribution in [1.82, 2.24) is 5.32 Å². The summed E-state index contributed by atoms with van der Waals surface area (Å²) in [6.45, 7) is 3.45. The summed E-state index contributed by atoms with van der Waals surface area (Å²) in [5, 5.41) is 12.3. The van der Waals surface area contributed by atoms with Crippen molar-refractivity contribution in [2.24, 2.45) is 5.92 Å². The SMILES string of the molecule is COc1ccc2cc(C(=O)N[C@@H](C(=O)O)C(C)C)oc2c1. The van der Waals surface area contributed by atoms with Gasteiger partial charge in [0.2, 0.25) is 0 Å². The Labute approximate surface area is 121 Å². The van der Waals surface area contributed by atoms with Crippen LogP contribution in [0, 0.1) is 5.92 Å². The topological polar surface area (TPSA) is 88.8 Å². The van der Waals surface area contributed by atoms with Crippen molar-refractivity contribution < 1.29 is 23.8 Å². The number of carbonyl (C=O) groups excluding carboxylic acids is 1. The van der Waals surface area contributed by atoms with Gasteiger partial charge in [-0.3, -0.25) is 4.79 Å². The lowest BCUT2D eigenvalue weighted by molar-refractivity contribution is -0.140. The van der Waals surface area contributed by atoms with Gasteiger partial charge in [0, 0.05) is 11.5 Å². The standard InChI is InChI=1S/C15H17NO5/c1-8(2)13(15(18)19)16-14(17)12-6-9-4-5-10(20-3)7-11(9)21-12/h4-8,13H,1-3H3,(H,16,17)(H,18,19)/t13-/m1/s1. The molecule has 6 heteroatoms. The highest BCUT2D eigenvalue weighted by Gasteiger charge is 2.25. The monoisotopic (exact) mass is 291 g/mol. The van der Waals surface area contributed by atoms with Crippen molar-refractivity contribution in [3.63, 3.8) is 0 Å². The fraction of sp³-hybridized carbons (Fsp3) is 0.333. The number of hydrogen-bond donors (Lipinski definition) is 2. The maximum Gasteiger partial charge on any atom is 0.326 e.